The molecular formula is C10H17N3O2S. The van der Waals surface area contributed by atoms with Gasteiger partial charge >= 0.3 is 0 Å². The zero-order valence-electron chi connectivity index (χ0n) is 9.44. The lowest BCUT2D eigenvalue weighted by atomic mass is 10.2. The van der Waals surface area contributed by atoms with Crippen LogP contribution in [0.5, 0.6) is 0 Å². The Morgan fingerprint density at radius 3 is 3.25 bits per heavy atom. The standard InChI is InChI=1S/C10H17N3O2S/c1-2-16-7-9-12-10(15-13-9)5-8-6-14-4-3-11-8/h8,11H,2-7H2,1H3. The minimum atomic E-state index is 0.306. The second-order valence-electron chi connectivity index (χ2n) is 3.67. The Labute approximate surface area is 99.3 Å². The summed E-state index contributed by atoms with van der Waals surface area (Å²) in [6, 6.07) is 0.306. The van der Waals surface area contributed by atoms with Crippen LogP contribution in [0.25, 0.3) is 0 Å². The fourth-order valence-corrected chi connectivity index (χ4v) is 2.09. The summed E-state index contributed by atoms with van der Waals surface area (Å²) in [4.78, 5) is 4.35. The second kappa shape index (κ2) is 6.22. The van der Waals surface area contributed by atoms with Gasteiger partial charge in [0.25, 0.3) is 0 Å². The Balaban J connectivity index is 1.81. The Kier molecular flexibility index (Phi) is 4.62. The van der Waals surface area contributed by atoms with Gasteiger partial charge in [-0.15, -0.1) is 0 Å². The van der Waals surface area contributed by atoms with E-state index in [2.05, 4.69) is 22.4 Å². The van der Waals surface area contributed by atoms with E-state index < -0.39 is 0 Å². The van der Waals surface area contributed by atoms with Gasteiger partial charge in [0.2, 0.25) is 5.89 Å². The van der Waals surface area contributed by atoms with Gasteiger partial charge in [-0.25, -0.2) is 0 Å². The van der Waals surface area contributed by atoms with Crippen molar-refractivity contribution in [2.75, 3.05) is 25.5 Å². The summed E-state index contributed by atoms with van der Waals surface area (Å²) in [5.41, 5.74) is 0. The SMILES string of the molecule is CCSCc1noc(CC2COCCN2)n1. The van der Waals surface area contributed by atoms with Crippen LogP contribution in [0.2, 0.25) is 0 Å². The van der Waals surface area contributed by atoms with Crippen molar-refractivity contribution in [1.82, 2.24) is 15.5 Å². The van der Waals surface area contributed by atoms with E-state index in [0.717, 1.165) is 43.5 Å². The third-order valence-electron chi connectivity index (χ3n) is 2.36. The summed E-state index contributed by atoms with van der Waals surface area (Å²) < 4.78 is 10.6. The molecule has 0 amide bonds. The highest BCUT2D eigenvalue weighted by atomic mass is 32.2. The minimum absolute atomic E-state index is 0.306. The molecule has 1 atom stereocenters. The molecule has 1 aromatic rings. The second-order valence-corrected chi connectivity index (χ2v) is 4.95. The average molecular weight is 243 g/mol. The predicted molar refractivity (Wildman–Crippen MR) is 62.4 cm³/mol. The van der Waals surface area contributed by atoms with E-state index in [9.17, 15) is 0 Å². The first-order valence-corrected chi connectivity index (χ1v) is 6.74. The Morgan fingerprint density at radius 1 is 1.56 bits per heavy atom. The van der Waals surface area contributed by atoms with Crippen molar-refractivity contribution < 1.29 is 9.26 Å². The molecule has 2 heterocycles. The van der Waals surface area contributed by atoms with Gasteiger partial charge in [-0.2, -0.15) is 16.7 Å². The zero-order valence-corrected chi connectivity index (χ0v) is 10.3. The molecule has 2 rings (SSSR count). The van der Waals surface area contributed by atoms with Crippen LogP contribution < -0.4 is 5.32 Å². The highest BCUT2D eigenvalue weighted by molar-refractivity contribution is 7.98. The van der Waals surface area contributed by atoms with Crippen LogP contribution in [0.4, 0.5) is 0 Å². The summed E-state index contributed by atoms with van der Waals surface area (Å²) in [6.07, 6.45) is 0.754. The number of thioether (sulfide) groups is 1. The van der Waals surface area contributed by atoms with Crippen molar-refractivity contribution >= 4 is 11.8 Å². The van der Waals surface area contributed by atoms with E-state index in [0.29, 0.717) is 11.9 Å². The highest BCUT2D eigenvalue weighted by Gasteiger charge is 2.17. The van der Waals surface area contributed by atoms with Crippen LogP contribution in [0.3, 0.4) is 0 Å². The van der Waals surface area contributed by atoms with Crippen molar-refractivity contribution in [1.29, 1.82) is 0 Å². The largest absolute Gasteiger partial charge is 0.378 e. The van der Waals surface area contributed by atoms with Gasteiger partial charge in [0, 0.05) is 19.0 Å². The number of nitrogens with zero attached hydrogens (tertiary/aromatic N) is 2. The summed E-state index contributed by atoms with van der Waals surface area (Å²) in [5, 5.41) is 7.31. The summed E-state index contributed by atoms with van der Waals surface area (Å²) in [7, 11) is 0. The number of hydrogen-bond acceptors (Lipinski definition) is 6. The fourth-order valence-electron chi connectivity index (χ4n) is 1.59. The van der Waals surface area contributed by atoms with E-state index in [1.807, 2.05) is 0 Å². The van der Waals surface area contributed by atoms with Gasteiger partial charge in [0.1, 0.15) is 0 Å². The van der Waals surface area contributed by atoms with E-state index in [1.54, 1.807) is 11.8 Å². The van der Waals surface area contributed by atoms with Gasteiger partial charge < -0.3 is 14.6 Å². The smallest absolute Gasteiger partial charge is 0.228 e. The molecule has 1 aliphatic rings. The maximum atomic E-state index is 5.37. The lowest BCUT2D eigenvalue weighted by Crippen LogP contribution is -2.42. The van der Waals surface area contributed by atoms with Crippen LogP contribution >= 0.6 is 11.8 Å². The molecular weight excluding hydrogens is 226 g/mol. The van der Waals surface area contributed by atoms with Crippen LogP contribution in [0.1, 0.15) is 18.6 Å². The summed E-state index contributed by atoms with van der Waals surface area (Å²) in [5.74, 6) is 3.39. The normalized spacial score (nSPS) is 21.2. The molecule has 16 heavy (non-hydrogen) atoms. The van der Waals surface area contributed by atoms with E-state index in [1.165, 1.54) is 0 Å². The Bertz CT molecular complexity index is 313. The van der Waals surface area contributed by atoms with Crippen molar-refractivity contribution in [3.63, 3.8) is 0 Å². The number of hydrogen-bond donors (Lipinski definition) is 1. The topological polar surface area (TPSA) is 60.2 Å². The molecule has 90 valence electrons. The van der Waals surface area contributed by atoms with Gasteiger partial charge in [0.05, 0.1) is 19.0 Å². The maximum absolute atomic E-state index is 5.37. The van der Waals surface area contributed by atoms with Gasteiger partial charge in [-0.1, -0.05) is 12.1 Å². The molecule has 0 bridgehead atoms. The Hall–Kier alpha value is -0.590. The molecule has 0 aliphatic carbocycles. The van der Waals surface area contributed by atoms with Crippen molar-refractivity contribution in [3.05, 3.63) is 11.7 Å². The fraction of sp³-hybridized carbons (Fsp3) is 0.800. The van der Waals surface area contributed by atoms with Gasteiger partial charge in [-0.05, 0) is 5.75 Å². The number of rotatable bonds is 5. The lowest BCUT2D eigenvalue weighted by Gasteiger charge is -2.22. The van der Waals surface area contributed by atoms with Crippen molar-refractivity contribution in [2.45, 2.75) is 25.1 Å². The zero-order chi connectivity index (χ0) is 11.2. The Morgan fingerprint density at radius 2 is 2.50 bits per heavy atom. The van der Waals surface area contributed by atoms with Gasteiger partial charge in [-0.3, -0.25) is 0 Å². The number of ether oxygens (including phenoxy) is 1. The number of nitrogens with one attached hydrogen (secondary N) is 1. The molecule has 1 saturated heterocycles. The van der Waals surface area contributed by atoms with Crippen molar-refractivity contribution in [3.8, 4) is 0 Å². The molecule has 1 unspecified atom stereocenters. The predicted octanol–water partition coefficient (Wildman–Crippen LogP) is 0.854. The molecule has 5 nitrogen and oxygen atoms in total. The quantitative estimate of drug-likeness (QED) is 0.827. The first-order chi connectivity index (χ1) is 7.88. The van der Waals surface area contributed by atoms with E-state index in [4.69, 9.17) is 9.26 Å². The van der Waals surface area contributed by atoms with E-state index in [-0.39, 0.29) is 0 Å². The summed E-state index contributed by atoms with van der Waals surface area (Å²) in [6.45, 7) is 4.53. The van der Waals surface area contributed by atoms with Crippen LogP contribution in [0, 0.1) is 0 Å². The van der Waals surface area contributed by atoms with Crippen LogP contribution in [0.15, 0.2) is 4.52 Å². The molecule has 0 aromatic carbocycles. The first kappa shape index (κ1) is 11.9. The van der Waals surface area contributed by atoms with Gasteiger partial charge in [0.15, 0.2) is 5.82 Å². The third-order valence-corrected chi connectivity index (χ3v) is 3.24. The molecule has 1 aromatic heterocycles. The average Bonchev–Trinajstić information content (AvgIpc) is 2.75. The molecule has 1 fully saturated rings. The first-order valence-electron chi connectivity index (χ1n) is 5.59. The number of morpholine rings is 1. The molecule has 0 saturated carbocycles. The molecule has 6 heteroatoms. The minimum Gasteiger partial charge on any atom is -0.378 e. The lowest BCUT2D eigenvalue weighted by molar-refractivity contribution is 0.0744. The van der Waals surface area contributed by atoms with Crippen LogP contribution in [-0.4, -0.2) is 41.7 Å². The van der Waals surface area contributed by atoms with Crippen molar-refractivity contribution in [2.24, 2.45) is 0 Å². The molecule has 1 N–H and O–H groups in total. The van der Waals surface area contributed by atoms with E-state index >= 15 is 0 Å². The maximum Gasteiger partial charge on any atom is 0.228 e. The highest BCUT2D eigenvalue weighted by Crippen LogP contribution is 2.10. The molecule has 0 radical (unpaired) electrons. The molecule has 1 aliphatic heterocycles. The monoisotopic (exact) mass is 243 g/mol. The molecule has 0 spiro atoms. The summed E-state index contributed by atoms with van der Waals surface area (Å²) >= 11 is 1.80. The van der Waals surface area contributed by atoms with Crippen LogP contribution in [-0.2, 0) is 16.9 Å². The third kappa shape index (κ3) is 3.47. The number of aromatic nitrogens is 2.